The lowest BCUT2D eigenvalue weighted by molar-refractivity contribution is -0.139. The fourth-order valence-electron chi connectivity index (χ4n) is 3.79. The van der Waals surface area contributed by atoms with E-state index in [2.05, 4.69) is 0 Å². The van der Waals surface area contributed by atoms with E-state index in [0.29, 0.717) is 5.56 Å². The van der Waals surface area contributed by atoms with Crippen molar-refractivity contribution >= 4 is 17.5 Å². The number of rotatable bonds is 4. The maximum atomic E-state index is 13.3. The Morgan fingerprint density at radius 1 is 0.862 bits per heavy atom. The lowest BCUT2D eigenvalue weighted by Gasteiger charge is -2.28. The number of hydrogen-bond acceptors (Lipinski definition) is 4. The van der Waals surface area contributed by atoms with Gasteiger partial charge in [0.05, 0.1) is 0 Å². The summed E-state index contributed by atoms with van der Waals surface area (Å²) in [6.07, 6.45) is 7.56. The number of allylic oxidation sites excluding steroid dienone is 5. The van der Waals surface area contributed by atoms with Crippen LogP contribution in [0, 0.1) is 11.8 Å². The number of carbonyl (C=O) groups excluding carboxylic acids is 3. The molecule has 2 aromatic carbocycles. The SMILES string of the molecule is CC1C=CC=CC1C1=C(C(=O)OCc2ccccc2)C(=O)c2ccccc2C1=O. The number of benzene rings is 2. The molecule has 4 nitrogen and oxygen atoms in total. The highest BCUT2D eigenvalue weighted by Gasteiger charge is 2.40. The molecule has 144 valence electrons. The van der Waals surface area contributed by atoms with Crippen LogP contribution in [-0.4, -0.2) is 17.5 Å². The first kappa shape index (κ1) is 18.8. The fourth-order valence-corrected chi connectivity index (χ4v) is 3.79. The Hall–Kier alpha value is -3.53. The minimum atomic E-state index is -0.758. The highest BCUT2D eigenvalue weighted by Crippen LogP contribution is 2.36. The Balaban J connectivity index is 1.76. The Kier molecular flexibility index (Phi) is 5.09. The van der Waals surface area contributed by atoms with Crippen LogP contribution in [0.4, 0.5) is 0 Å². The molecular weight excluding hydrogens is 364 g/mol. The molecule has 0 radical (unpaired) electrons. The lowest BCUT2D eigenvalue weighted by atomic mass is 9.73. The third-order valence-corrected chi connectivity index (χ3v) is 5.32. The number of ether oxygens (including phenoxy) is 1. The van der Waals surface area contributed by atoms with E-state index in [4.69, 9.17) is 4.74 Å². The van der Waals surface area contributed by atoms with Crippen LogP contribution in [0.3, 0.4) is 0 Å². The van der Waals surface area contributed by atoms with Crippen LogP contribution < -0.4 is 0 Å². The van der Waals surface area contributed by atoms with Crippen molar-refractivity contribution in [3.05, 3.63) is 107 Å². The second-order valence-corrected chi connectivity index (χ2v) is 7.21. The van der Waals surface area contributed by atoms with E-state index in [-0.39, 0.29) is 40.9 Å². The molecule has 4 heteroatoms. The summed E-state index contributed by atoms with van der Waals surface area (Å²) in [5.41, 5.74) is 1.46. The highest BCUT2D eigenvalue weighted by molar-refractivity contribution is 6.35. The van der Waals surface area contributed by atoms with E-state index in [1.165, 1.54) is 0 Å². The van der Waals surface area contributed by atoms with E-state index in [1.54, 1.807) is 24.3 Å². The van der Waals surface area contributed by atoms with E-state index in [1.807, 2.05) is 61.6 Å². The molecule has 29 heavy (non-hydrogen) atoms. The van der Waals surface area contributed by atoms with Gasteiger partial charge in [0.25, 0.3) is 0 Å². The molecule has 0 saturated carbocycles. The maximum absolute atomic E-state index is 13.3. The van der Waals surface area contributed by atoms with Gasteiger partial charge >= 0.3 is 5.97 Å². The largest absolute Gasteiger partial charge is 0.457 e. The second-order valence-electron chi connectivity index (χ2n) is 7.21. The lowest BCUT2D eigenvalue weighted by Crippen LogP contribution is -2.32. The van der Waals surface area contributed by atoms with Crippen molar-refractivity contribution in [3.63, 3.8) is 0 Å². The number of carbonyl (C=O) groups is 3. The first-order valence-electron chi connectivity index (χ1n) is 9.56. The molecule has 0 heterocycles. The monoisotopic (exact) mass is 384 g/mol. The van der Waals surface area contributed by atoms with Crippen LogP contribution in [-0.2, 0) is 16.1 Å². The van der Waals surface area contributed by atoms with Crippen molar-refractivity contribution in [3.8, 4) is 0 Å². The van der Waals surface area contributed by atoms with Crippen molar-refractivity contribution in [1.82, 2.24) is 0 Å². The van der Waals surface area contributed by atoms with E-state index in [0.717, 1.165) is 5.56 Å². The fraction of sp³-hybridized carbons (Fsp3) is 0.160. The Morgan fingerprint density at radius 2 is 1.48 bits per heavy atom. The first-order chi connectivity index (χ1) is 14.1. The quantitative estimate of drug-likeness (QED) is 0.576. The van der Waals surface area contributed by atoms with Gasteiger partial charge in [0.2, 0.25) is 5.78 Å². The van der Waals surface area contributed by atoms with Gasteiger partial charge in [-0.15, -0.1) is 0 Å². The van der Waals surface area contributed by atoms with Gasteiger partial charge in [0.15, 0.2) is 5.78 Å². The molecule has 0 spiro atoms. The summed E-state index contributed by atoms with van der Waals surface area (Å²) >= 11 is 0. The smallest absolute Gasteiger partial charge is 0.342 e. The Bertz CT molecular complexity index is 1070. The number of hydrogen-bond donors (Lipinski definition) is 0. The Labute approximate surface area is 169 Å². The van der Waals surface area contributed by atoms with Crippen LogP contribution in [0.5, 0.6) is 0 Å². The van der Waals surface area contributed by atoms with Gasteiger partial charge in [-0.25, -0.2) is 4.79 Å². The molecule has 0 bridgehead atoms. The zero-order chi connectivity index (χ0) is 20.4. The van der Waals surface area contributed by atoms with Gasteiger partial charge in [-0.3, -0.25) is 9.59 Å². The molecule has 0 N–H and O–H groups in total. The molecule has 0 fully saturated rings. The van der Waals surface area contributed by atoms with Crippen LogP contribution in [0.2, 0.25) is 0 Å². The molecule has 2 aliphatic carbocycles. The number of fused-ring (bicyclic) bond motifs is 1. The van der Waals surface area contributed by atoms with Crippen molar-refractivity contribution in [2.45, 2.75) is 13.5 Å². The molecule has 0 aromatic heterocycles. The average molecular weight is 384 g/mol. The Morgan fingerprint density at radius 3 is 2.17 bits per heavy atom. The van der Waals surface area contributed by atoms with E-state index in [9.17, 15) is 14.4 Å². The van der Waals surface area contributed by atoms with Gasteiger partial charge in [-0.05, 0) is 11.5 Å². The predicted octanol–water partition coefficient (Wildman–Crippen LogP) is 4.48. The minimum absolute atomic E-state index is 0.0195. The maximum Gasteiger partial charge on any atom is 0.342 e. The van der Waals surface area contributed by atoms with Crippen LogP contribution in [0.1, 0.15) is 33.2 Å². The van der Waals surface area contributed by atoms with Gasteiger partial charge < -0.3 is 4.74 Å². The third kappa shape index (κ3) is 3.49. The zero-order valence-electron chi connectivity index (χ0n) is 16.0. The van der Waals surface area contributed by atoms with Gasteiger partial charge in [-0.2, -0.15) is 0 Å². The molecule has 2 unspecified atom stereocenters. The summed E-state index contributed by atoms with van der Waals surface area (Å²) < 4.78 is 5.45. The van der Waals surface area contributed by atoms with Crippen LogP contribution in [0.15, 0.2) is 90.0 Å². The van der Waals surface area contributed by atoms with E-state index < -0.39 is 11.8 Å². The molecular formula is C25H20O4. The van der Waals surface area contributed by atoms with Crippen LogP contribution >= 0.6 is 0 Å². The molecule has 0 aliphatic heterocycles. The molecule has 2 atom stereocenters. The summed E-state index contributed by atoms with van der Waals surface area (Å²) in [4.78, 5) is 39.5. The van der Waals surface area contributed by atoms with Crippen LogP contribution in [0.25, 0.3) is 0 Å². The van der Waals surface area contributed by atoms with Gasteiger partial charge in [0, 0.05) is 22.6 Å². The predicted molar refractivity (Wildman–Crippen MR) is 109 cm³/mol. The normalized spacial score (nSPS) is 20.6. The molecule has 4 rings (SSSR count). The van der Waals surface area contributed by atoms with Crippen molar-refractivity contribution in [2.75, 3.05) is 0 Å². The van der Waals surface area contributed by atoms with Gasteiger partial charge in [0.1, 0.15) is 12.2 Å². The molecule has 2 aliphatic rings. The van der Waals surface area contributed by atoms with Gasteiger partial charge in [-0.1, -0.05) is 85.8 Å². The standard InChI is InChI=1S/C25H20O4/c1-16-9-5-6-12-18(16)21-22(25(28)29-15-17-10-3-2-4-11-17)24(27)20-14-8-7-13-19(20)23(21)26/h2-14,16,18H,15H2,1H3. The third-order valence-electron chi connectivity index (χ3n) is 5.32. The molecule has 0 amide bonds. The van der Waals surface area contributed by atoms with Crippen molar-refractivity contribution < 1.29 is 19.1 Å². The molecule has 0 saturated heterocycles. The summed E-state index contributed by atoms with van der Waals surface area (Å²) in [7, 11) is 0. The topological polar surface area (TPSA) is 60.4 Å². The average Bonchev–Trinajstić information content (AvgIpc) is 2.76. The summed E-state index contributed by atoms with van der Waals surface area (Å²) in [6, 6.07) is 15.9. The first-order valence-corrected chi connectivity index (χ1v) is 9.56. The second kappa shape index (κ2) is 7.84. The zero-order valence-corrected chi connectivity index (χ0v) is 16.0. The number of ketones is 2. The van der Waals surface area contributed by atoms with Crippen molar-refractivity contribution in [1.29, 1.82) is 0 Å². The summed E-state index contributed by atoms with van der Waals surface area (Å²) in [5, 5.41) is 0. The van der Waals surface area contributed by atoms with E-state index >= 15 is 0 Å². The summed E-state index contributed by atoms with van der Waals surface area (Å²) in [5.74, 6) is -1.88. The minimum Gasteiger partial charge on any atom is -0.457 e. The molecule has 2 aromatic rings. The summed E-state index contributed by atoms with van der Waals surface area (Å²) in [6.45, 7) is 2.00. The van der Waals surface area contributed by atoms with Crippen molar-refractivity contribution in [2.24, 2.45) is 11.8 Å². The number of esters is 1. The highest BCUT2D eigenvalue weighted by atomic mass is 16.5. The number of Topliss-reactive ketones (excluding diaryl/α,β-unsaturated/α-hetero) is 2.